The maximum atomic E-state index is 12.6. The van der Waals surface area contributed by atoms with Gasteiger partial charge in [0.2, 0.25) is 12.7 Å². The van der Waals surface area contributed by atoms with Gasteiger partial charge in [0.05, 0.1) is 5.69 Å². The van der Waals surface area contributed by atoms with E-state index in [0.29, 0.717) is 28.8 Å². The molecular weight excluding hydrogens is 394 g/mol. The minimum atomic E-state index is -0.774. The summed E-state index contributed by atoms with van der Waals surface area (Å²) < 4.78 is 11.9. The Kier molecular flexibility index (Phi) is 5.22. The molecule has 0 radical (unpaired) electrons. The average Bonchev–Trinajstić information content (AvgIpc) is 3.21. The second kappa shape index (κ2) is 7.97. The summed E-state index contributed by atoms with van der Waals surface area (Å²) in [7, 11) is 0. The van der Waals surface area contributed by atoms with E-state index in [-0.39, 0.29) is 18.3 Å². The molecule has 7 nitrogen and oxygen atoms in total. The Balaban J connectivity index is 1.52. The maximum Gasteiger partial charge on any atom is 0.267 e. The van der Waals surface area contributed by atoms with Gasteiger partial charge in [0.1, 0.15) is 6.04 Å². The van der Waals surface area contributed by atoms with Crippen molar-refractivity contribution in [3.05, 3.63) is 75.5 Å². The Hall–Kier alpha value is -3.32. The predicted octanol–water partition coefficient (Wildman–Crippen LogP) is 3.17. The van der Waals surface area contributed by atoms with Crippen LogP contribution >= 0.6 is 11.6 Å². The van der Waals surface area contributed by atoms with Crippen LogP contribution in [0.4, 0.5) is 0 Å². The molecular formula is C21H18ClN3O4. The summed E-state index contributed by atoms with van der Waals surface area (Å²) in [6.07, 6.45) is 0. The molecule has 1 N–H and O–H groups in total. The number of amides is 1. The highest BCUT2D eigenvalue weighted by molar-refractivity contribution is 6.30. The first-order valence-corrected chi connectivity index (χ1v) is 9.41. The first kappa shape index (κ1) is 19.0. The molecule has 1 aliphatic rings. The molecule has 0 bridgehead atoms. The molecule has 29 heavy (non-hydrogen) atoms. The lowest BCUT2D eigenvalue weighted by atomic mass is 10.1. The van der Waals surface area contributed by atoms with Crippen LogP contribution in [-0.4, -0.2) is 22.5 Å². The summed E-state index contributed by atoms with van der Waals surface area (Å²) in [5, 5.41) is 7.83. The zero-order valence-corrected chi connectivity index (χ0v) is 16.3. The molecule has 8 heteroatoms. The van der Waals surface area contributed by atoms with Crippen molar-refractivity contribution in [2.75, 3.05) is 6.79 Å². The third-order valence-electron chi connectivity index (χ3n) is 4.62. The van der Waals surface area contributed by atoms with Gasteiger partial charge in [0.15, 0.2) is 11.5 Å². The van der Waals surface area contributed by atoms with E-state index in [2.05, 4.69) is 10.4 Å². The second-order valence-corrected chi connectivity index (χ2v) is 7.03. The van der Waals surface area contributed by atoms with Gasteiger partial charge in [-0.15, -0.1) is 0 Å². The number of carbonyl (C=O) groups is 1. The van der Waals surface area contributed by atoms with E-state index in [4.69, 9.17) is 21.1 Å². The van der Waals surface area contributed by atoms with Gasteiger partial charge in [-0.05, 0) is 48.9 Å². The number of benzene rings is 2. The molecule has 4 rings (SSSR count). The minimum absolute atomic E-state index is 0.177. The number of aromatic nitrogens is 2. The van der Waals surface area contributed by atoms with Gasteiger partial charge in [-0.3, -0.25) is 9.59 Å². The maximum absolute atomic E-state index is 12.6. The monoisotopic (exact) mass is 411 g/mol. The SMILES string of the molecule is CC(C(=O)NCc1ccc(Cl)cc1)n1nc(-c2ccc3c(c2)OCO3)ccc1=O. The average molecular weight is 412 g/mol. The lowest BCUT2D eigenvalue weighted by molar-refractivity contribution is -0.124. The van der Waals surface area contributed by atoms with E-state index in [1.54, 1.807) is 37.3 Å². The third-order valence-corrected chi connectivity index (χ3v) is 4.87. The van der Waals surface area contributed by atoms with Crippen molar-refractivity contribution >= 4 is 17.5 Å². The molecule has 1 amide bonds. The molecule has 148 valence electrons. The van der Waals surface area contributed by atoms with Gasteiger partial charge in [0.25, 0.3) is 5.56 Å². The summed E-state index contributed by atoms with van der Waals surface area (Å²) in [5.74, 6) is 0.977. The number of hydrogen-bond donors (Lipinski definition) is 1. The van der Waals surface area contributed by atoms with Crippen LogP contribution in [0.3, 0.4) is 0 Å². The van der Waals surface area contributed by atoms with Crippen molar-refractivity contribution in [2.24, 2.45) is 0 Å². The van der Waals surface area contributed by atoms with Crippen LogP contribution in [-0.2, 0) is 11.3 Å². The zero-order valence-electron chi connectivity index (χ0n) is 15.6. The molecule has 2 aromatic carbocycles. The van der Waals surface area contributed by atoms with Crippen LogP contribution in [0.2, 0.25) is 5.02 Å². The number of rotatable bonds is 5. The number of nitrogens with zero attached hydrogens (tertiary/aromatic N) is 2. The summed E-state index contributed by atoms with van der Waals surface area (Å²) in [6, 6.07) is 14.8. The van der Waals surface area contributed by atoms with Crippen LogP contribution in [0, 0.1) is 0 Å². The van der Waals surface area contributed by atoms with E-state index in [1.807, 2.05) is 18.2 Å². The molecule has 1 atom stereocenters. The van der Waals surface area contributed by atoms with Gasteiger partial charge in [-0.25, -0.2) is 4.68 Å². The van der Waals surface area contributed by atoms with Crippen molar-refractivity contribution in [1.29, 1.82) is 0 Å². The van der Waals surface area contributed by atoms with Crippen LogP contribution < -0.4 is 20.3 Å². The molecule has 1 unspecified atom stereocenters. The minimum Gasteiger partial charge on any atom is -0.454 e. The highest BCUT2D eigenvalue weighted by Gasteiger charge is 2.19. The molecule has 0 saturated heterocycles. The predicted molar refractivity (Wildman–Crippen MR) is 108 cm³/mol. The first-order valence-electron chi connectivity index (χ1n) is 9.03. The standard InChI is InChI=1S/C21H18ClN3O4/c1-13(21(27)23-11-14-2-5-16(22)6-3-14)25-20(26)9-7-17(24-25)15-4-8-18-19(10-15)29-12-28-18/h2-10,13H,11-12H2,1H3,(H,23,27). The fraction of sp³-hybridized carbons (Fsp3) is 0.190. The molecule has 3 aromatic rings. The van der Waals surface area contributed by atoms with Crippen molar-refractivity contribution in [1.82, 2.24) is 15.1 Å². The Morgan fingerprint density at radius 3 is 2.69 bits per heavy atom. The Bertz CT molecular complexity index is 1110. The van der Waals surface area contributed by atoms with Crippen molar-refractivity contribution < 1.29 is 14.3 Å². The third kappa shape index (κ3) is 4.09. The summed E-state index contributed by atoms with van der Waals surface area (Å²) in [6.45, 7) is 2.14. The van der Waals surface area contributed by atoms with Gasteiger partial charge in [-0.1, -0.05) is 23.7 Å². The zero-order chi connectivity index (χ0) is 20.4. The number of nitrogens with one attached hydrogen (secondary N) is 1. The Morgan fingerprint density at radius 2 is 1.90 bits per heavy atom. The molecule has 1 aliphatic heterocycles. The number of hydrogen-bond acceptors (Lipinski definition) is 5. The highest BCUT2D eigenvalue weighted by Crippen LogP contribution is 2.35. The molecule has 0 saturated carbocycles. The Morgan fingerprint density at radius 1 is 1.14 bits per heavy atom. The van der Waals surface area contributed by atoms with E-state index < -0.39 is 6.04 Å². The van der Waals surface area contributed by atoms with Gasteiger partial charge in [0, 0.05) is 23.2 Å². The molecule has 0 fully saturated rings. The smallest absolute Gasteiger partial charge is 0.267 e. The Labute approximate surface area is 171 Å². The number of carbonyl (C=O) groups excluding carboxylic acids is 1. The fourth-order valence-electron chi connectivity index (χ4n) is 2.96. The molecule has 0 aliphatic carbocycles. The summed E-state index contributed by atoms with van der Waals surface area (Å²) in [4.78, 5) is 24.9. The van der Waals surface area contributed by atoms with Crippen LogP contribution in [0.25, 0.3) is 11.3 Å². The van der Waals surface area contributed by atoms with Crippen LogP contribution in [0.15, 0.2) is 59.4 Å². The lowest BCUT2D eigenvalue weighted by Gasteiger charge is -2.15. The second-order valence-electron chi connectivity index (χ2n) is 6.59. The number of fused-ring (bicyclic) bond motifs is 1. The highest BCUT2D eigenvalue weighted by atomic mass is 35.5. The van der Waals surface area contributed by atoms with Crippen LogP contribution in [0.1, 0.15) is 18.5 Å². The van der Waals surface area contributed by atoms with E-state index >= 15 is 0 Å². The largest absolute Gasteiger partial charge is 0.454 e. The van der Waals surface area contributed by atoms with Crippen LogP contribution in [0.5, 0.6) is 11.5 Å². The van der Waals surface area contributed by atoms with Gasteiger partial charge < -0.3 is 14.8 Å². The quantitative estimate of drug-likeness (QED) is 0.697. The molecule has 0 spiro atoms. The van der Waals surface area contributed by atoms with Crippen molar-refractivity contribution in [3.8, 4) is 22.8 Å². The summed E-state index contributed by atoms with van der Waals surface area (Å²) in [5.41, 5.74) is 1.87. The summed E-state index contributed by atoms with van der Waals surface area (Å²) >= 11 is 5.87. The molecule has 2 heterocycles. The fourth-order valence-corrected chi connectivity index (χ4v) is 3.09. The number of ether oxygens (including phenoxy) is 2. The number of halogens is 1. The van der Waals surface area contributed by atoms with Gasteiger partial charge in [-0.2, -0.15) is 5.10 Å². The van der Waals surface area contributed by atoms with E-state index in [1.165, 1.54) is 10.7 Å². The first-order chi connectivity index (χ1) is 14.0. The topological polar surface area (TPSA) is 82.5 Å². The van der Waals surface area contributed by atoms with Crippen molar-refractivity contribution in [3.63, 3.8) is 0 Å². The lowest BCUT2D eigenvalue weighted by Crippen LogP contribution is -2.36. The van der Waals surface area contributed by atoms with Gasteiger partial charge >= 0.3 is 0 Å². The van der Waals surface area contributed by atoms with E-state index in [0.717, 1.165) is 11.1 Å². The van der Waals surface area contributed by atoms with Crippen molar-refractivity contribution in [2.45, 2.75) is 19.5 Å². The molecule has 1 aromatic heterocycles. The van der Waals surface area contributed by atoms with E-state index in [9.17, 15) is 9.59 Å². The normalized spacial score (nSPS) is 13.2.